The van der Waals surface area contributed by atoms with Crippen LogP contribution in [0.15, 0.2) is 47.0 Å². The molecule has 6 heteroatoms. The van der Waals surface area contributed by atoms with Crippen molar-refractivity contribution in [3.63, 3.8) is 0 Å². The molecule has 0 saturated carbocycles. The quantitative estimate of drug-likeness (QED) is 0.472. The lowest BCUT2D eigenvalue weighted by Crippen LogP contribution is -2.12. The first kappa shape index (κ1) is 10.6. The molecule has 0 aromatic carbocycles. The number of pyridine rings is 1. The van der Waals surface area contributed by atoms with Crippen LogP contribution in [0, 0.1) is 5.41 Å². The van der Waals surface area contributed by atoms with Gasteiger partial charge in [0.05, 0.1) is 0 Å². The fourth-order valence-electron chi connectivity index (χ4n) is 1.14. The number of rotatable bonds is 3. The maximum absolute atomic E-state index is 7.45. The van der Waals surface area contributed by atoms with Gasteiger partial charge in [-0.1, -0.05) is 11.8 Å². The summed E-state index contributed by atoms with van der Waals surface area (Å²) in [5, 5.41) is 8.24. The predicted molar refractivity (Wildman–Crippen MR) is 61.4 cm³/mol. The highest BCUT2D eigenvalue weighted by atomic mass is 32.2. The maximum Gasteiger partial charge on any atom is 0.124 e. The summed E-state index contributed by atoms with van der Waals surface area (Å²) in [5.41, 5.74) is 6.14. The number of hydrogen-bond donors (Lipinski definition) is 2. The van der Waals surface area contributed by atoms with Crippen molar-refractivity contribution in [3.05, 3.63) is 42.6 Å². The Labute approximate surface area is 96.7 Å². The van der Waals surface area contributed by atoms with Crippen LogP contribution in [-0.4, -0.2) is 20.8 Å². The minimum Gasteiger partial charge on any atom is -0.384 e. The topological polar surface area (TPSA) is 88.5 Å². The molecular formula is C10H9N5S. The number of hydrogen-bond acceptors (Lipinski definition) is 5. The molecule has 2 heterocycles. The van der Waals surface area contributed by atoms with E-state index in [2.05, 4.69) is 15.0 Å². The van der Waals surface area contributed by atoms with Crippen LogP contribution in [0.2, 0.25) is 0 Å². The Morgan fingerprint density at radius 2 is 2.06 bits per heavy atom. The largest absolute Gasteiger partial charge is 0.384 e. The fourth-order valence-corrected chi connectivity index (χ4v) is 1.99. The lowest BCUT2D eigenvalue weighted by atomic mass is 10.2. The van der Waals surface area contributed by atoms with E-state index in [0.717, 1.165) is 9.92 Å². The Kier molecular flexibility index (Phi) is 3.11. The zero-order valence-corrected chi connectivity index (χ0v) is 9.11. The van der Waals surface area contributed by atoms with Crippen molar-refractivity contribution in [3.8, 4) is 0 Å². The van der Waals surface area contributed by atoms with Gasteiger partial charge in [0.25, 0.3) is 0 Å². The lowest BCUT2D eigenvalue weighted by molar-refractivity contribution is 1.04. The van der Waals surface area contributed by atoms with E-state index in [4.69, 9.17) is 11.1 Å². The SMILES string of the molecule is N=C(N)c1ccncc1Sc1ccncn1. The van der Waals surface area contributed by atoms with Gasteiger partial charge in [0.15, 0.2) is 0 Å². The van der Waals surface area contributed by atoms with E-state index in [0.29, 0.717) is 5.56 Å². The second-order valence-corrected chi connectivity index (χ2v) is 4.00. The zero-order valence-electron chi connectivity index (χ0n) is 8.29. The molecule has 80 valence electrons. The van der Waals surface area contributed by atoms with E-state index < -0.39 is 0 Å². The third-order valence-electron chi connectivity index (χ3n) is 1.84. The van der Waals surface area contributed by atoms with Gasteiger partial charge < -0.3 is 5.73 Å². The molecule has 2 aromatic rings. The summed E-state index contributed by atoms with van der Waals surface area (Å²) in [6, 6.07) is 3.51. The molecule has 0 radical (unpaired) electrons. The molecule has 0 bridgehead atoms. The molecule has 16 heavy (non-hydrogen) atoms. The van der Waals surface area contributed by atoms with Crippen molar-refractivity contribution in [2.75, 3.05) is 0 Å². The predicted octanol–water partition coefficient (Wildman–Crippen LogP) is 1.31. The molecule has 0 unspecified atom stereocenters. The number of nitrogens with two attached hydrogens (primary N) is 1. The summed E-state index contributed by atoms with van der Waals surface area (Å²) in [6.45, 7) is 0. The van der Waals surface area contributed by atoms with Crippen LogP contribution in [0.5, 0.6) is 0 Å². The Bertz CT molecular complexity index is 500. The first-order chi connectivity index (χ1) is 7.77. The summed E-state index contributed by atoms with van der Waals surface area (Å²) >= 11 is 1.41. The molecule has 2 rings (SSSR count). The average molecular weight is 231 g/mol. The monoisotopic (exact) mass is 231 g/mol. The molecule has 0 atom stereocenters. The van der Waals surface area contributed by atoms with Crippen molar-refractivity contribution in [1.29, 1.82) is 5.41 Å². The molecule has 5 nitrogen and oxygen atoms in total. The van der Waals surface area contributed by atoms with E-state index in [1.807, 2.05) is 0 Å². The number of nitrogens with one attached hydrogen (secondary N) is 1. The van der Waals surface area contributed by atoms with Gasteiger partial charge in [-0.2, -0.15) is 0 Å². The Morgan fingerprint density at radius 1 is 1.25 bits per heavy atom. The second kappa shape index (κ2) is 4.71. The van der Waals surface area contributed by atoms with Crippen LogP contribution in [-0.2, 0) is 0 Å². The first-order valence-electron chi connectivity index (χ1n) is 4.49. The average Bonchev–Trinajstić information content (AvgIpc) is 2.31. The standard InChI is InChI=1S/C10H9N5S/c11-10(12)7-1-3-13-5-8(7)16-9-2-4-14-6-15-9/h1-6H,(H3,11,12). The normalized spacial score (nSPS) is 10.0. The zero-order chi connectivity index (χ0) is 11.4. The van der Waals surface area contributed by atoms with Crippen LogP contribution < -0.4 is 5.73 Å². The molecular weight excluding hydrogens is 222 g/mol. The van der Waals surface area contributed by atoms with Gasteiger partial charge in [-0.3, -0.25) is 10.4 Å². The number of nitrogen functional groups attached to an aromatic ring is 1. The van der Waals surface area contributed by atoms with Gasteiger partial charge in [-0.25, -0.2) is 9.97 Å². The molecule has 0 amide bonds. The maximum atomic E-state index is 7.45. The van der Waals surface area contributed by atoms with Crippen molar-refractivity contribution in [1.82, 2.24) is 15.0 Å². The van der Waals surface area contributed by atoms with Crippen LogP contribution in [0.3, 0.4) is 0 Å². The summed E-state index contributed by atoms with van der Waals surface area (Å²) in [6.07, 6.45) is 6.43. The molecule has 0 aliphatic heterocycles. The third kappa shape index (κ3) is 2.34. The van der Waals surface area contributed by atoms with Crippen LogP contribution in [0.25, 0.3) is 0 Å². The molecule has 0 aliphatic rings. The molecule has 0 saturated heterocycles. The first-order valence-corrected chi connectivity index (χ1v) is 5.31. The van der Waals surface area contributed by atoms with E-state index in [-0.39, 0.29) is 5.84 Å². The summed E-state index contributed by atoms with van der Waals surface area (Å²) < 4.78 is 0. The van der Waals surface area contributed by atoms with Crippen LogP contribution in [0.4, 0.5) is 0 Å². The lowest BCUT2D eigenvalue weighted by Gasteiger charge is -2.05. The molecule has 0 fully saturated rings. The fraction of sp³-hybridized carbons (Fsp3) is 0. The summed E-state index contributed by atoms with van der Waals surface area (Å²) in [5.74, 6) is 0.0268. The number of amidine groups is 1. The van der Waals surface area contributed by atoms with Gasteiger partial charge in [0.1, 0.15) is 17.2 Å². The van der Waals surface area contributed by atoms with Crippen molar-refractivity contribution >= 4 is 17.6 Å². The second-order valence-electron chi connectivity index (χ2n) is 2.94. The van der Waals surface area contributed by atoms with Crippen LogP contribution in [0.1, 0.15) is 5.56 Å². The van der Waals surface area contributed by atoms with Gasteiger partial charge >= 0.3 is 0 Å². The molecule has 0 aliphatic carbocycles. The molecule has 2 aromatic heterocycles. The summed E-state index contributed by atoms with van der Waals surface area (Å²) in [4.78, 5) is 12.7. The summed E-state index contributed by atoms with van der Waals surface area (Å²) in [7, 11) is 0. The van der Waals surface area contributed by atoms with E-state index in [9.17, 15) is 0 Å². The molecule has 3 N–H and O–H groups in total. The Morgan fingerprint density at radius 3 is 2.75 bits per heavy atom. The van der Waals surface area contributed by atoms with Crippen molar-refractivity contribution in [2.45, 2.75) is 9.92 Å². The third-order valence-corrected chi connectivity index (χ3v) is 2.84. The number of nitrogens with zero attached hydrogens (tertiary/aromatic N) is 3. The highest BCUT2D eigenvalue weighted by Crippen LogP contribution is 2.27. The highest BCUT2D eigenvalue weighted by Gasteiger charge is 2.07. The van der Waals surface area contributed by atoms with Crippen molar-refractivity contribution in [2.24, 2.45) is 5.73 Å². The molecule has 0 spiro atoms. The van der Waals surface area contributed by atoms with Gasteiger partial charge in [-0.15, -0.1) is 0 Å². The minimum absolute atomic E-state index is 0.0268. The smallest absolute Gasteiger partial charge is 0.124 e. The van der Waals surface area contributed by atoms with E-state index >= 15 is 0 Å². The van der Waals surface area contributed by atoms with Gasteiger partial charge in [-0.05, 0) is 12.1 Å². The number of aromatic nitrogens is 3. The van der Waals surface area contributed by atoms with E-state index in [1.165, 1.54) is 18.1 Å². The van der Waals surface area contributed by atoms with E-state index in [1.54, 1.807) is 30.7 Å². The Balaban J connectivity index is 2.31. The van der Waals surface area contributed by atoms with Gasteiger partial charge in [0.2, 0.25) is 0 Å². The van der Waals surface area contributed by atoms with Crippen LogP contribution >= 0.6 is 11.8 Å². The minimum atomic E-state index is 0.0268. The Hall–Kier alpha value is -1.95. The van der Waals surface area contributed by atoms with Crippen molar-refractivity contribution < 1.29 is 0 Å². The highest BCUT2D eigenvalue weighted by molar-refractivity contribution is 7.99. The van der Waals surface area contributed by atoms with Gasteiger partial charge in [0, 0.05) is 29.0 Å².